The fraction of sp³-hybridized carbons (Fsp3) is 0.143. The first-order valence-corrected chi connectivity index (χ1v) is 5.27. The summed E-state index contributed by atoms with van der Waals surface area (Å²) in [4.78, 5) is 2.36. The van der Waals surface area contributed by atoms with Crippen molar-refractivity contribution in [1.82, 2.24) is 0 Å². The molecule has 1 aliphatic rings. The van der Waals surface area contributed by atoms with Gasteiger partial charge in [0.25, 0.3) is 0 Å². The van der Waals surface area contributed by atoms with E-state index >= 15 is 0 Å². The first-order valence-electron chi connectivity index (χ1n) is 5.27. The van der Waals surface area contributed by atoms with E-state index in [0.717, 1.165) is 13.0 Å². The van der Waals surface area contributed by atoms with Crippen LogP contribution in [0.1, 0.15) is 5.56 Å². The number of hydrogen-bond donors (Lipinski definition) is 0. The van der Waals surface area contributed by atoms with Gasteiger partial charge in [-0.3, -0.25) is 0 Å². The lowest BCUT2D eigenvalue weighted by molar-refractivity contribution is 0.998. The zero-order valence-corrected chi connectivity index (χ0v) is 8.48. The summed E-state index contributed by atoms with van der Waals surface area (Å²) in [5.74, 6) is 0. The predicted molar refractivity (Wildman–Crippen MR) is 62.4 cm³/mol. The van der Waals surface area contributed by atoms with Gasteiger partial charge in [-0.15, -0.1) is 0 Å². The van der Waals surface area contributed by atoms with Crippen molar-refractivity contribution >= 4 is 11.4 Å². The van der Waals surface area contributed by atoms with Crippen LogP contribution in [0.15, 0.2) is 48.5 Å². The van der Waals surface area contributed by atoms with Gasteiger partial charge in [0.15, 0.2) is 0 Å². The Labute approximate surface area is 90.0 Å². The summed E-state index contributed by atoms with van der Waals surface area (Å²) in [5.41, 5.74) is 4.06. The van der Waals surface area contributed by atoms with Crippen LogP contribution in [0.2, 0.25) is 0 Å². The number of nitrogens with zero attached hydrogens (tertiary/aromatic N) is 1. The van der Waals surface area contributed by atoms with E-state index in [1.807, 2.05) is 12.1 Å². The lowest BCUT2D eigenvalue weighted by Crippen LogP contribution is -2.12. The molecule has 0 spiro atoms. The topological polar surface area (TPSA) is 3.24 Å². The summed E-state index contributed by atoms with van der Waals surface area (Å²) in [6, 6.07) is 19.8. The molecule has 0 bridgehead atoms. The maximum absolute atomic E-state index is 3.05. The number of anilines is 2. The van der Waals surface area contributed by atoms with Crippen LogP contribution < -0.4 is 4.90 Å². The van der Waals surface area contributed by atoms with E-state index in [0.29, 0.717) is 0 Å². The van der Waals surface area contributed by atoms with Crippen molar-refractivity contribution in [3.63, 3.8) is 0 Å². The van der Waals surface area contributed by atoms with Crippen molar-refractivity contribution < 1.29 is 0 Å². The van der Waals surface area contributed by atoms with Gasteiger partial charge in [-0.1, -0.05) is 30.3 Å². The lowest BCUT2D eigenvalue weighted by Gasteiger charge is -2.19. The first-order chi connectivity index (χ1) is 7.45. The fourth-order valence-electron chi connectivity index (χ4n) is 2.16. The fourth-order valence-corrected chi connectivity index (χ4v) is 2.16. The molecule has 1 heterocycles. The van der Waals surface area contributed by atoms with Gasteiger partial charge in [0.05, 0.1) is 0 Å². The summed E-state index contributed by atoms with van der Waals surface area (Å²) < 4.78 is 0. The van der Waals surface area contributed by atoms with Gasteiger partial charge in [0, 0.05) is 17.9 Å². The van der Waals surface area contributed by atoms with Gasteiger partial charge in [0.2, 0.25) is 0 Å². The molecule has 0 aliphatic carbocycles. The van der Waals surface area contributed by atoms with E-state index in [2.05, 4.69) is 47.4 Å². The number of rotatable bonds is 1. The molecule has 73 valence electrons. The maximum atomic E-state index is 3.05. The molecule has 15 heavy (non-hydrogen) atoms. The molecule has 0 fully saturated rings. The van der Waals surface area contributed by atoms with E-state index in [4.69, 9.17) is 0 Å². The lowest BCUT2D eigenvalue weighted by atomic mass is 10.2. The molecule has 2 aromatic carbocycles. The third-order valence-electron chi connectivity index (χ3n) is 2.90. The largest absolute Gasteiger partial charge is 0.341 e. The number of benzene rings is 2. The Morgan fingerprint density at radius 3 is 2.67 bits per heavy atom. The Hall–Kier alpha value is -1.76. The number of hydrogen-bond acceptors (Lipinski definition) is 1. The zero-order valence-electron chi connectivity index (χ0n) is 8.48. The van der Waals surface area contributed by atoms with E-state index in [9.17, 15) is 0 Å². The van der Waals surface area contributed by atoms with E-state index < -0.39 is 0 Å². The van der Waals surface area contributed by atoms with Crippen molar-refractivity contribution in [3.05, 3.63) is 60.2 Å². The highest BCUT2D eigenvalue weighted by atomic mass is 15.2. The normalized spacial score (nSPS) is 14.0. The van der Waals surface area contributed by atoms with Crippen LogP contribution >= 0.6 is 0 Å². The van der Waals surface area contributed by atoms with Gasteiger partial charge < -0.3 is 4.90 Å². The highest BCUT2D eigenvalue weighted by Crippen LogP contribution is 2.33. The average molecular weight is 194 g/mol. The van der Waals surface area contributed by atoms with Crippen LogP contribution in [0, 0.1) is 6.07 Å². The standard InChI is InChI=1S/C14H12N/c1-2-7-13(8-3-1)15-11-10-12-6-4-5-9-14(12)15/h2-9H,10-11H2. The summed E-state index contributed by atoms with van der Waals surface area (Å²) in [6.45, 7) is 1.09. The molecule has 0 saturated heterocycles. The van der Waals surface area contributed by atoms with Gasteiger partial charge in [-0.05, 0) is 36.2 Å². The second-order valence-corrected chi connectivity index (χ2v) is 3.79. The maximum Gasteiger partial charge on any atom is 0.0444 e. The summed E-state index contributed by atoms with van der Waals surface area (Å²) >= 11 is 0. The smallest absolute Gasteiger partial charge is 0.0444 e. The monoisotopic (exact) mass is 194 g/mol. The molecule has 0 amide bonds. The highest BCUT2D eigenvalue weighted by Gasteiger charge is 2.18. The van der Waals surface area contributed by atoms with Gasteiger partial charge in [0.1, 0.15) is 0 Å². The third-order valence-corrected chi connectivity index (χ3v) is 2.90. The minimum absolute atomic E-state index is 1.09. The van der Waals surface area contributed by atoms with Crippen LogP contribution in [0.3, 0.4) is 0 Å². The first kappa shape index (κ1) is 8.54. The van der Waals surface area contributed by atoms with Crippen molar-refractivity contribution in [3.8, 4) is 0 Å². The molecular weight excluding hydrogens is 182 g/mol. The molecule has 1 aliphatic heterocycles. The third kappa shape index (κ3) is 1.40. The molecule has 1 heteroatoms. The summed E-state index contributed by atoms with van der Waals surface area (Å²) in [7, 11) is 0. The van der Waals surface area contributed by atoms with Crippen LogP contribution in [-0.2, 0) is 6.42 Å². The minimum Gasteiger partial charge on any atom is -0.341 e. The quantitative estimate of drug-likeness (QED) is 0.674. The molecule has 2 aromatic rings. The molecule has 1 radical (unpaired) electrons. The van der Waals surface area contributed by atoms with E-state index in [1.54, 1.807) is 0 Å². The molecule has 0 unspecified atom stereocenters. The van der Waals surface area contributed by atoms with Gasteiger partial charge >= 0.3 is 0 Å². The van der Waals surface area contributed by atoms with Crippen LogP contribution in [0.25, 0.3) is 0 Å². The Kier molecular flexibility index (Phi) is 1.95. The summed E-state index contributed by atoms with van der Waals surface area (Å²) in [5, 5.41) is 0. The average Bonchev–Trinajstić information content (AvgIpc) is 2.74. The van der Waals surface area contributed by atoms with Crippen LogP contribution in [0.5, 0.6) is 0 Å². The minimum atomic E-state index is 1.09. The molecular formula is C14H12N. The molecule has 1 nitrogen and oxygen atoms in total. The number of fused-ring (bicyclic) bond motifs is 1. The molecule has 0 N–H and O–H groups in total. The van der Waals surface area contributed by atoms with Crippen molar-refractivity contribution in [2.45, 2.75) is 6.42 Å². The molecule has 0 saturated carbocycles. The van der Waals surface area contributed by atoms with Gasteiger partial charge in [-0.2, -0.15) is 0 Å². The van der Waals surface area contributed by atoms with Crippen LogP contribution in [0.4, 0.5) is 11.4 Å². The Balaban J connectivity index is 2.05. The molecule has 0 aromatic heterocycles. The van der Waals surface area contributed by atoms with E-state index in [1.165, 1.54) is 16.9 Å². The Bertz CT molecular complexity index is 462. The van der Waals surface area contributed by atoms with E-state index in [-0.39, 0.29) is 0 Å². The Morgan fingerprint density at radius 1 is 1.00 bits per heavy atom. The highest BCUT2D eigenvalue weighted by molar-refractivity contribution is 5.69. The molecule has 3 rings (SSSR count). The van der Waals surface area contributed by atoms with Gasteiger partial charge in [-0.25, -0.2) is 0 Å². The number of para-hydroxylation sites is 1. The SMILES string of the molecule is [c]1ccc(N2CCc3ccccc32)cc1. The van der Waals surface area contributed by atoms with Crippen molar-refractivity contribution in [2.75, 3.05) is 11.4 Å². The predicted octanol–water partition coefficient (Wildman–Crippen LogP) is 3.18. The second kappa shape index (κ2) is 3.43. The molecule has 0 atom stereocenters. The zero-order chi connectivity index (χ0) is 10.1. The van der Waals surface area contributed by atoms with Crippen LogP contribution in [-0.4, -0.2) is 6.54 Å². The van der Waals surface area contributed by atoms with Crippen molar-refractivity contribution in [1.29, 1.82) is 0 Å². The Morgan fingerprint density at radius 2 is 1.80 bits per heavy atom. The summed E-state index contributed by atoms with van der Waals surface area (Å²) in [6.07, 6.45) is 1.15. The van der Waals surface area contributed by atoms with Crippen molar-refractivity contribution in [2.24, 2.45) is 0 Å². The second-order valence-electron chi connectivity index (χ2n) is 3.79.